The van der Waals surface area contributed by atoms with E-state index in [1.165, 1.54) is 30.1 Å². The van der Waals surface area contributed by atoms with Crippen LogP contribution in [0.3, 0.4) is 0 Å². The summed E-state index contributed by atoms with van der Waals surface area (Å²) in [5.41, 5.74) is 0.520. The Morgan fingerprint density at radius 2 is 1.52 bits per heavy atom. The van der Waals surface area contributed by atoms with Crippen molar-refractivity contribution in [2.45, 2.75) is 18.3 Å². The summed E-state index contributed by atoms with van der Waals surface area (Å²) in [6.07, 6.45) is 1.93. The summed E-state index contributed by atoms with van der Waals surface area (Å²) in [6, 6.07) is 5.77. The summed E-state index contributed by atoms with van der Waals surface area (Å²) in [5, 5.41) is 0. The predicted molar refractivity (Wildman–Crippen MR) is 80.0 cm³/mol. The average Bonchev–Trinajstić information content (AvgIpc) is 3.09. The SMILES string of the molecule is FC(F)(F)c1ccc(C[S+]2C[C@@H]3[C@H](C2)[C@@H]2C=C[C@H]3C2)cc1. The van der Waals surface area contributed by atoms with Crippen LogP contribution in [-0.2, 0) is 22.8 Å². The second-order valence-corrected chi connectivity index (χ2v) is 8.74. The van der Waals surface area contributed by atoms with Crippen molar-refractivity contribution in [2.75, 3.05) is 11.5 Å². The standard InChI is InChI=1S/C17H18F3S/c18-17(19,20)14-5-1-11(2-6-14)8-21-9-15-12-3-4-13(7-12)16(15)10-21/h1-6,12-13,15-16H,7-10H2/q+1/t12-,13+,15-,16+,21?. The molecule has 1 heterocycles. The Kier molecular flexibility index (Phi) is 3.14. The normalized spacial score (nSPS) is 37.2. The average molecular weight is 311 g/mol. The van der Waals surface area contributed by atoms with Gasteiger partial charge in [0.15, 0.2) is 0 Å². The minimum Gasteiger partial charge on any atom is -0.166 e. The van der Waals surface area contributed by atoms with Gasteiger partial charge >= 0.3 is 6.18 Å². The van der Waals surface area contributed by atoms with Gasteiger partial charge in [-0.3, -0.25) is 0 Å². The minimum atomic E-state index is -4.23. The molecule has 0 radical (unpaired) electrons. The molecule has 0 amide bonds. The summed E-state index contributed by atoms with van der Waals surface area (Å²) < 4.78 is 37.7. The summed E-state index contributed by atoms with van der Waals surface area (Å²) in [7, 11) is 0.363. The van der Waals surface area contributed by atoms with Crippen LogP contribution in [0.1, 0.15) is 17.5 Å². The highest BCUT2D eigenvalue weighted by Gasteiger charge is 2.54. The monoisotopic (exact) mass is 311 g/mol. The zero-order valence-electron chi connectivity index (χ0n) is 11.6. The number of allylic oxidation sites excluding steroid dienone is 2. The van der Waals surface area contributed by atoms with Gasteiger partial charge in [0.25, 0.3) is 0 Å². The molecule has 0 nitrogen and oxygen atoms in total. The zero-order chi connectivity index (χ0) is 14.6. The fraction of sp³-hybridized carbons (Fsp3) is 0.529. The Labute approximate surface area is 125 Å². The lowest BCUT2D eigenvalue weighted by atomic mass is 9.86. The van der Waals surface area contributed by atoms with E-state index in [0.717, 1.165) is 35.0 Å². The first-order valence-corrected chi connectivity index (χ1v) is 9.22. The maximum absolute atomic E-state index is 12.6. The Morgan fingerprint density at radius 1 is 0.952 bits per heavy atom. The van der Waals surface area contributed by atoms with Crippen LogP contribution >= 0.6 is 0 Å². The summed E-state index contributed by atoms with van der Waals surface area (Å²) in [5.74, 6) is 6.85. The number of hydrogen-bond donors (Lipinski definition) is 0. The van der Waals surface area contributed by atoms with E-state index in [-0.39, 0.29) is 0 Å². The van der Waals surface area contributed by atoms with Crippen LogP contribution in [0.4, 0.5) is 13.2 Å². The highest BCUT2D eigenvalue weighted by molar-refractivity contribution is 7.96. The molecule has 2 bridgehead atoms. The molecule has 4 heteroatoms. The molecular formula is C17H18F3S+. The molecule has 4 rings (SSSR count). The quantitative estimate of drug-likeness (QED) is 0.565. The summed E-state index contributed by atoms with van der Waals surface area (Å²) in [6.45, 7) is 0. The molecule has 1 unspecified atom stereocenters. The Balaban J connectivity index is 1.42. The third-order valence-electron chi connectivity index (χ3n) is 5.31. The van der Waals surface area contributed by atoms with Crippen molar-refractivity contribution in [2.24, 2.45) is 23.7 Å². The predicted octanol–water partition coefficient (Wildman–Crippen LogP) is 4.28. The second-order valence-electron chi connectivity index (χ2n) is 6.56. The largest absolute Gasteiger partial charge is 0.416 e. The van der Waals surface area contributed by atoms with Gasteiger partial charge in [-0.25, -0.2) is 0 Å². The van der Waals surface area contributed by atoms with Crippen molar-refractivity contribution in [3.8, 4) is 0 Å². The molecular weight excluding hydrogens is 293 g/mol. The van der Waals surface area contributed by atoms with E-state index in [1.54, 1.807) is 12.1 Å². The van der Waals surface area contributed by atoms with Crippen LogP contribution in [-0.4, -0.2) is 11.5 Å². The Bertz CT molecular complexity index is 540. The molecule has 1 aromatic carbocycles. The van der Waals surface area contributed by atoms with Crippen LogP contribution in [0.5, 0.6) is 0 Å². The molecule has 1 saturated carbocycles. The van der Waals surface area contributed by atoms with Crippen molar-refractivity contribution in [1.82, 2.24) is 0 Å². The van der Waals surface area contributed by atoms with Gasteiger partial charge < -0.3 is 0 Å². The van der Waals surface area contributed by atoms with E-state index in [0.29, 0.717) is 10.9 Å². The maximum Gasteiger partial charge on any atom is 0.416 e. The Morgan fingerprint density at radius 3 is 2.05 bits per heavy atom. The molecule has 1 aliphatic heterocycles. The van der Waals surface area contributed by atoms with E-state index in [9.17, 15) is 13.2 Å². The highest BCUT2D eigenvalue weighted by atomic mass is 32.2. The van der Waals surface area contributed by atoms with E-state index >= 15 is 0 Å². The topological polar surface area (TPSA) is 0 Å². The van der Waals surface area contributed by atoms with Crippen molar-refractivity contribution < 1.29 is 13.2 Å². The van der Waals surface area contributed by atoms with E-state index in [1.807, 2.05) is 0 Å². The number of alkyl halides is 3. The molecule has 0 aromatic heterocycles. The second kappa shape index (κ2) is 4.80. The molecule has 5 atom stereocenters. The van der Waals surface area contributed by atoms with Crippen LogP contribution in [0.25, 0.3) is 0 Å². The van der Waals surface area contributed by atoms with Crippen molar-refractivity contribution >= 4 is 10.9 Å². The lowest BCUT2D eigenvalue weighted by Crippen LogP contribution is -2.16. The van der Waals surface area contributed by atoms with Gasteiger partial charge in [-0.1, -0.05) is 24.3 Å². The molecule has 0 spiro atoms. The molecule has 2 aliphatic carbocycles. The first-order chi connectivity index (χ1) is 10.0. The van der Waals surface area contributed by atoms with Crippen LogP contribution in [0.15, 0.2) is 36.4 Å². The number of halogens is 3. The van der Waals surface area contributed by atoms with E-state index in [4.69, 9.17) is 0 Å². The van der Waals surface area contributed by atoms with Crippen molar-refractivity contribution in [3.05, 3.63) is 47.5 Å². The van der Waals surface area contributed by atoms with Gasteiger partial charge in [0.05, 0.1) is 5.56 Å². The van der Waals surface area contributed by atoms with Gasteiger partial charge in [-0.2, -0.15) is 13.2 Å². The molecule has 1 aromatic rings. The zero-order valence-corrected chi connectivity index (χ0v) is 12.5. The third kappa shape index (κ3) is 2.41. The van der Waals surface area contributed by atoms with Crippen LogP contribution in [0, 0.1) is 23.7 Å². The van der Waals surface area contributed by atoms with Gasteiger partial charge in [-0.15, -0.1) is 0 Å². The minimum absolute atomic E-state index is 0.363. The fourth-order valence-corrected chi connectivity index (χ4v) is 7.39. The van der Waals surface area contributed by atoms with Gasteiger partial charge in [0.2, 0.25) is 0 Å². The van der Waals surface area contributed by atoms with Gasteiger partial charge in [0, 0.05) is 17.4 Å². The number of fused-ring (bicyclic) bond motifs is 5. The fourth-order valence-electron chi connectivity index (χ4n) is 4.28. The van der Waals surface area contributed by atoms with Crippen molar-refractivity contribution in [3.63, 3.8) is 0 Å². The first kappa shape index (κ1) is 13.7. The number of benzene rings is 1. The Hall–Kier alpha value is -0.900. The summed E-state index contributed by atoms with van der Waals surface area (Å²) in [4.78, 5) is 0. The molecule has 112 valence electrons. The first-order valence-electron chi connectivity index (χ1n) is 7.49. The van der Waals surface area contributed by atoms with Gasteiger partial charge in [0.1, 0.15) is 17.3 Å². The lowest BCUT2D eigenvalue weighted by molar-refractivity contribution is -0.137. The third-order valence-corrected chi connectivity index (χ3v) is 7.76. The van der Waals surface area contributed by atoms with Crippen molar-refractivity contribution in [1.29, 1.82) is 0 Å². The van der Waals surface area contributed by atoms with Crippen LogP contribution < -0.4 is 0 Å². The number of rotatable bonds is 2. The summed E-state index contributed by atoms with van der Waals surface area (Å²) >= 11 is 0. The smallest absolute Gasteiger partial charge is 0.166 e. The van der Waals surface area contributed by atoms with Gasteiger partial charge in [-0.05, 0) is 41.3 Å². The molecule has 3 aliphatic rings. The molecule has 21 heavy (non-hydrogen) atoms. The lowest BCUT2D eigenvalue weighted by Gasteiger charge is -2.14. The maximum atomic E-state index is 12.6. The molecule has 1 saturated heterocycles. The molecule has 2 fully saturated rings. The van der Waals surface area contributed by atoms with E-state index in [2.05, 4.69) is 12.2 Å². The molecule has 0 N–H and O–H groups in total. The van der Waals surface area contributed by atoms with E-state index < -0.39 is 11.7 Å². The number of hydrogen-bond acceptors (Lipinski definition) is 0. The highest BCUT2D eigenvalue weighted by Crippen LogP contribution is 2.52. The van der Waals surface area contributed by atoms with Crippen LogP contribution in [0.2, 0.25) is 0 Å².